The lowest BCUT2D eigenvalue weighted by Gasteiger charge is -2.07. The van der Waals surface area contributed by atoms with Crippen LogP contribution in [-0.4, -0.2) is 24.6 Å². The molecule has 0 saturated carbocycles. The van der Waals surface area contributed by atoms with Gasteiger partial charge in [0.25, 0.3) is 0 Å². The zero-order chi connectivity index (χ0) is 13.2. The molecule has 1 N–H and O–H groups in total. The molecule has 0 aliphatic heterocycles. The maximum absolute atomic E-state index is 8.74. The monoisotopic (exact) mass is 264 g/mol. The Morgan fingerprint density at radius 1 is 1.39 bits per heavy atom. The van der Waals surface area contributed by atoms with E-state index in [0.29, 0.717) is 6.42 Å². The number of benzene rings is 1. The van der Waals surface area contributed by atoms with Crippen LogP contribution in [0.15, 0.2) is 18.2 Å². The molecule has 18 heavy (non-hydrogen) atoms. The van der Waals surface area contributed by atoms with Gasteiger partial charge in [-0.1, -0.05) is 18.8 Å². The van der Waals surface area contributed by atoms with Crippen molar-refractivity contribution in [3.05, 3.63) is 29.3 Å². The average molecular weight is 264 g/mol. The van der Waals surface area contributed by atoms with Gasteiger partial charge in [0.15, 0.2) is 0 Å². The SMILES string of the molecule is CCCSCc1cc(OC)ccc1C#CCCO. The summed E-state index contributed by atoms with van der Waals surface area (Å²) in [7, 11) is 1.68. The Morgan fingerprint density at radius 3 is 2.89 bits per heavy atom. The summed E-state index contributed by atoms with van der Waals surface area (Å²) in [6.45, 7) is 2.30. The molecule has 0 radical (unpaired) electrons. The van der Waals surface area contributed by atoms with Gasteiger partial charge in [-0.25, -0.2) is 0 Å². The van der Waals surface area contributed by atoms with Crippen LogP contribution in [0.4, 0.5) is 0 Å². The molecular weight excluding hydrogens is 244 g/mol. The third kappa shape index (κ3) is 5.03. The number of aliphatic hydroxyl groups is 1. The van der Waals surface area contributed by atoms with Crippen LogP contribution in [0, 0.1) is 11.8 Å². The van der Waals surface area contributed by atoms with Crippen LogP contribution in [0.3, 0.4) is 0 Å². The quantitative estimate of drug-likeness (QED) is 0.632. The molecule has 3 heteroatoms. The Balaban J connectivity index is 2.83. The first-order chi connectivity index (χ1) is 8.81. The number of methoxy groups -OCH3 is 1. The molecule has 2 nitrogen and oxygen atoms in total. The van der Waals surface area contributed by atoms with Gasteiger partial charge in [-0.3, -0.25) is 0 Å². The van der Waals surface area contributed by atoms with Crippen LogP contribution in [0.25, 0.3) is 0 Å². The Bertz CT molecular complexity index is 418. The summed E-state index contributed by atoms with van der Waals surface area (Å²) >= 11 is 1.91. The Kier molecular flexibility index (Phi) is 7.40. The van der Waals surface area contributed by atoms with Crippen molar-refractivity contribution in [1.82, 2.24) is 0 Å². The van der Waals surface area contributed by atoms with Gasteiger partial charge in [-0.05, 0) is 35.9 Å². The normalized spacial score (nSPS) is 9.72. The minimum atomic E-state index is 0.114. The number of aliphatic hydroxyl groups excluding tert-OH is 1. The van der Waals surface area contributed by atoms with E-state index in [2.05, 4.69) is 18.8 Å². The van der Waals surface area contributed by atoms with Gasteiger partial charge in [-0.2, -0.15) is 11.8 Å². The van der Waals surface area contributed by atoms with Crippen molar-refractivity contribution in [3.8, 4) is 17.6 Å². The number of ether oxygens (including phenoxy) is 1. The summed E-state index contributed by atoms with van der Waals surface area (Å²) in [5.41, 5.74) is 2.24. The zero-order valence-electron chi connectivity index (χ0n) is 11.0. The van der Waals surface area contributed by atoms with Gasteiger partial charge in [0.05, 0.1) is 13.7 Å². The molecule has 0 heterocycles. The summed E-state index contributed by atoms with van der Waals surface area (Å²) in [4.78, 5) is 0. The second-order valence-corrected chi connectivity index (χ2v) is 4.96. The molecule has 0 fully saturated rings. The number of rotatable bonds is 6. The lowest BCUT2D eigenvalue weighted by Crippen LogP contribution is -1.92. The lowest BCUT2D eigenvalue weighted by molar-refractivity contribution is 0.305. The van der Waals surface area contributed by atoms with Gasteiger partial charge in [0, 0.05) is 17.7 Å². The van der Waals surface area contributed by atoms with Crippen molar-refractivity contribution in [2.45, 2.75) is 25.5 Å². The summed E-state index contributed by atoms with van der Waals surface area (Å²) in [6.07, 6.45) is 1.70. The van der Waals surface area contributed by atoms with E-state index in [1.54, 1.807) is 7.11 Å². The second kappa shape index (κ2) is 8.91. The topological polar surface area (TPSA) is 29.5 Å². The maximum atomic E-state index is 8.74. The molecule has 0 atom stereocenters. The van der Waals surface area contributed by atoms with Gasteiger partial charge in [-0.15, -0.1) is 0 Å². The van der Waals surface area contributed by atoms with E-state index in [1.165, 1.54) is 12.0 Å². The highest BCUT2D eigenvalue weighted by atomic mass is 32.2. The van der Waals surface area contributed by atoms with Crippen LogP contribution in [0.1, 0.15) is 30.9 Å². The van der Waals surface area contributed by atoms with E-state index < -0.39 is 0 Å². The van der Waals surface area contributed by atoms with Crippen molar-refractivity contribution in [2.75, 3.05) is 19.5 Å². The fourth-order valence-electron chi connectivity index (χ4n) is 1.48. The number of thioether (sulfide) groups is 1. The third-order valence-corrected chi connectivity index (χ3v) is 3.59. The molecule has 0 amide bonds. The van der Waals surface area contributed by atoms with Crippen molar-refractivity contribution < 1.29 is 9.84 Å². The van der Waals surface area contributed by atoms with Gasteiger partial charge < -0.3 is 9.84 Å². The first kappa shape index (κ1) is 14.9. The van der Waals surface area contributed by atoms with Crippen LogP contribution in [-0.2, 0) is 5.75 Å². The summed E-state index contributed by atoms with van der Waals surface area (Å²) in [5, 5.41) is 8.74. The van der Waals surface area contributed by atoms with E-state index in [4.69, 9.17) is 9.84 Å². The lowest BCUT2D eigenvalue weighted by atomic mass is 10.1. The molecule has 0 aromatic heterocycles. The molecule has 98 valence electrons. The predicted octanol–water partition coefficient (Wildman–Crippen LogP) is 3.07. The summed E-state index contributed by atoms with van der Waals surface area (Å²) in [5.74, 6) is 9.06. The Morgan fingerprint density at radius 2 is 2.22 bits per heavy atom. The van der Waals surface area contributed by atoms with Crippen LogP contribution < -0.4 is 4.74 Å². The zero-order valence-corrected chi connectivity index (χ0v) is 11.8. The van der Waals surface area contributed by atoms with Crippen LogP contribution in [0.5, 0.6) is 5.75 Å². The van der Waals surface area contributed by atoms with Crippen molar-refractivity contribution in [1.29, 1.82) is 0 Å². The molecule has 1 rings (SSSR count). The molecule has 0 aliphatic rings. The molecule has 0 unspecified atom stereocenters. The van der Waals surface area contributed by atoms with Crippen LogP contribution in [0.2, 0.25) is 0 Å². The molecule has 0 bridgehead atoms. The van der Waals surface area contributed by atoms with E-state index in [-0.39, 0.29) is 6.61 Å². The van der Waals surface area contributed by atoms with Crippen molar-refractivity contribution in [2.24, 2.45) is 0 Å². The van der Waals surface area contributed by atoms with Gasteiger partial charge in [0.1, 0.15) is 5.75 Å². The Hall–Kier alpha value is -1.11. The highest BCUT2D eigenvalue weighted by Gasteiger charge is 2.02. The average Bonchev–Trinajstić information content (AvgIpc) is 2.40. The Labute approximate surface area is 114 Å². The number of hydrogen-bond donors (Lipinski definition) is 1. The first-order valence-corrected chi connectivity index (χ1v) is 7.31. The largest absolute Gasteiger partial charge is 0.497 e. The van der Waals surface area contributed by atoms with E-state index >= 15 is 0 Å². The highest BCUT2D eigenvalue weighted by Crippen LogP contribution is 2.22. The van der Waals surface area contributed by atoms with Crippen molar-refractivity contribution in [3.63, 3.8) is 0 Å². The smallest absolute Gasteiger partial charge is 0.119 e. The third-order valence-electron chi connectivity index (χ3n) is 2.38. The standard InChI is InChI=1S/C15H20O2S/c1-3-10-18-12-14-11-15(17-2)8-7-13(14)6-4-5-9-16/h7-8,11,16H,3,5,9-10,12H2,1-2H3. The fraction of sp³-hybridized carbons (Fsp3) is 0.467. The van der Waals surface area contributed by atoms with E-state index in [0.717, 1.165) is 22.8 Å². The first-order valence-electron chi connectivity index (χ1n) is 6.16. The molecule has 0 saturated heterocycles. The molecular formula is C15H20O2S. The minimum Gasteiger partial charge on any atom is -0.497 e. The fourth-order valence-corrected chi connectivity index (χ4v) is 2.37. The maximum Gasteiger partial charge on any atom is 0.119 e. The second-order valence-electron chi connectivity index (χ2n) is 3.85. The molecule has 0 spiro atoms. The van der Waals surface area contributed by atoms with Crippen molar-refractivity contribution >= 4 is 11.8 Å². The van der Waals surface area contributed by atoms with E-state index in [9.17, 15) is 0 Å². The van der Waals surface area contributed by atoms with E-state index in [1.807, 2.05) is 30.0 Å². The van der Waals surface area contributed by atoms with Gasteiger partial charge in [0.2, 0.25) is 0 Å². The summed E-state index contributed by atoms with van der Waals surface area (Å²) < 4.78 is 5.24. The predicted molar refractivity (Wildman–Crippen MR) is 78.0 cm³/mol. The molecule has 1 aromatic rings. The highest BCUT2D eigenvalue weighted by molar-refractivity contribution is 7.98. The molecule has 0 aliphatic carbocycles. The molecule has 1 aromatic carbocycles. The van der Waals surface area contributed by atoms with Crippen LogP contribution >= 0.6 is 11.8 Å². The summed E-state index contributed by atoms with van der Waals surface area (Å²) in [6, 6.07) is 5.97. The number of hydrogen-bond acceptors (Lipinski definition) is 3. The van der Waals surface area contributed by atoms with Gasteiger partial charge >= 0.3 is 0 Å². The minimum absolute atomic E-state index is 0.114.